The molecule has 1 aliphatic rings. The smallest absolute Gasteiger partial charge is 0.223 e. The molecule has 0 aliphatic carbocycles. The van der Waals surface area contributed by atoms with Crippen LogP contribution in [0.5, 0.6) is 0 Å². The summed E-state index contributed by atoms with van der Waals surface area (Å²) < 4.78 is 0. The Morgan fingerprint density at radius 2 is 2.07 bits per heavy atom. The minimum absolute atomic E-state index is 0.109. The van der Waals surface area contributed by atoms with Crippen molar-refractivity contribution in [3.63, 3.8) is 0 Å². The molecule has 0 aromatic carbocycles. The van der Waals surface area contributed by atoms with Crippen LogP contribution >= 0.6 is 0 Å². The summed E-state index contributed by atoms with van der Waals surface area (Å²) in [5, 5.41) is 6.35. The quantitative estimate of drug-likeness (QED) is 0.663. The first-order valence-electron chi connectivity index (χ1n) is 5.43. The maximum Gasteiger partial charge on any atom is 0.223 e. The third-order valence-electron chi connectivity index (χ3n) is 2.62. The fraction of sp³-hybridized carbons (Fsp3) is 0.909. The highest BCUT2D eigenvalue weighted by molar-refractivity contribution is 5.79. The van der Waals surface area contributed by atoms with Crippen molar-refractivity contribution in [3.8, 4) is 0 Å². The predicted molar refractivity (Wildman–Crippen MR) is 58.0 cm³/mol. The number of nitrogens with one attached hydrogen (secondary N) is 2. The van der Waals surface area contributed by atoms with Gasteiger partial charge in [-0.2, -0.15) is 0 Å². The van der Waals surface area contributed by atoms with Crippen molar-refractivity contribution in [2.45, 2.75) is 39.7 Å². The minimum Gasteiger partial charge on any atom is -0.351 e. The van der Waals surface area contributed by atoms with Crippen molar-refractivity contribution >= 4 is 5.91 Å². The summed E-state index contributed by atoms with van der Waals surface area (Å²) >= 11 is 0. The van der Waals surface area contributed by atoms with E-state index in [1.807, 2.05) is 20.8 Å². The molecule has 0 bridgehead atoms. The molecule has 1 amide bonds. The normalized spacial score (nSPS) is 28.6. The molecule has 82 valence electrons. The highest BCUT2D eigenvalue weighted by Crippen LogP contribution is 2.19. The first kappa shape index (κ1) is 11.5. The van der Waals surface area contributed by atoms with Crippen molar-refractivity contribution in [1.29, 1.82) is 0 Å². The van der Waals surface area contributed by atoms with E-state index >= 15 is 0 Å². The topological polar surface area (TPSA) is 41.1 Å². The summed E-state index contributed by atoms with van der Waals surface area (Å²) in [7, 11) is 0. The molecule has 0 saturated carbocycles. The maximum atomic E-state index is 11.9. The van der Waals surface area contributed by atoms with Crippen LogP contribution < -0.4 is 10.6 Å². The molecule has 14 heavy (non-hydrogen) atoms. The number of hydrogen-bond acceptors (Lipinski definition) is 2. The van der Waals surface area contributed by atoms with Gasteiger partial charge in [0, 0.05) is 11.5 Å². The summed E-state index contributed by atoms with van der Waals surface area (Å²) in [6.07, 6.45) is 0.961. The Morgan fingerprint density at radius 1 is 1.43 bits per heavy atom. The molecule has 0 radical (unpaired) electrons. The zero-order valence-electron chi connectivity index (χ0n) is 9.68. The van der Waals surface area contributed by atoms with Gasteiger partial charge in [-0.25, -0.2) is 0 Å². The molecule has 2 atom stereocenters. The minimum atomic E-state index is -0.109. The molecule has 1 aliphatic heterocycles. The summed E-state index contributed by atoms with van der Waals surface area (Å²) in [5.74, 6) is 0.855. The molecule has 0 aromatic heterocycles. The predicted octanol–water partition coefficient (Wildman–Crippen LogP) is 1.15. The Labute approximate surface area is 86.6 Å². The van der Waals surface area contributed by atoms with Gasteiger partial charge in [0.05, 0.1) is 0 Å². The van der Waals surface area contributed by atoms with Gasteiger partial charge in [-0.1, -0.05) is 6.92 Å². The van der Waals surface area contributed by atoms with Crippen molar-refractivity contribution in [3.05, 3.63) is 0 Å². The summed E-state index contributed by atoms with van der Waals surface area (Å²) in [6.45, 7) is 10.1. The molecule has 2 unspecified atom stereocenters. The van der Waals surface area contributed by atoms with Crippen LogP contribution in [0.1, 0.15) is 34.1 Å². The molecule has 1 saturated heterocycles. The van der Waals surface area contributed by atoms with Crippen LogP contribution in [0, 0.1) is 11.8 Å². The number of amides is 1. The van der Waals surface area contributed by atoms with Crippen molar-refractivity contribution in [2.75, 3.05) is 13.1 Å². The molecule has 0 aromatic rings. The van der Waals surface area contributed by atoms with Crippen molar-refractivity contribution < 1.29 is 4.79 Å². The van der Waals surface area contributed by atoms with E-state index in [-0.39, 0.29) is 17.4 Å². The van der Waals surface area contributed by atoms with Gasteiger partial charge in [-0.15, -0.1) is 0 Å². The summed E-state index contributed by atoms with van der Waals surface area (Å²) in [6, 6.07) is 0. The van der Waals surface area contributed by atoms with Crippen LogP contribution in [0.4, 0.5) is 0 Å². The molecular formula is C11H22N2O. The molecule has 1 heterocycles. The van der Waals surface area contributed by atoms with E-state index in [4.69, 9.17) is 0 Å². The van der Waals surface area contributed by atoms with Gasteiger partial charge in [0.2, 0.25) is 5.91 Å². The molecular weight excluding hydrogens is 176 g/mol. The Morgan fingerprint density at radius 3 is 2.57 bits per heavy atom. The van der Waals surface area contributed by atoms with Crippen LogP contribution in [0.25, 0.3) is 0 Å². The van der Waals surface area contributed by atoms with E-state index in [0.717, 1.165) is 19.5 Å². The Bertz CT molecular complexity index is 208. The van der Waals surface area contributed by atoms with Gasteiger partial charge in [-0.05, 0) is 46.2 Å². The Kier molecular flexibility index (Phi) is 3.53. The van der Waals surface area contributed by atoms with E-state index in [1.54, 1.807) is 0 Å². The van der Waals surface area contributed by atoms with Crippen molar-refractivity contribution in [1.82, 2.24) is 10.6 Å². The Balaban J connectivity index is 2.50. The highest BCUT2D eigenvalue weighted by Gasteiger charge is 2.29. The number of carbonyl (C=O) groups is 1. The largest absolute Gasteiger partial charge is 0.351 e. The fourth-order valence-electron chi connectivity index (χ4n) is 1.87. The lowest BCUT2D eigenvalue weighted by Crippen LogP contribution is -2.49. The molecule has 3 nitrogen and oxygen atoms in total. The van der Waals surface area contributed by atoms with Gasteiger partial charge >= 0.3 is 0 Å². The second-order valence-corrected chi connectivity index (χ2v) is 5.32. The van der Waals surface area contributed by atoms with E-state index in [1.165, 1.54) is 0 Å². The highest BCUT2D eigenvalue weighted by atomic mass is 16.2. The molecule has 1 rings (SSSR count). The van der Waals surface area contributed by atoms with Crippen LogP contribution in [-0.4, -0.2) is 24.5 Å². The van der Waals surface area contributed by atoms with Crippen LogP contribution in [0.3, 0.4) is 0 Å². The lowest BCUT2D eigenvalue weighted by Gasteiger charge is -2.31. The standard InChI is InChI=1S/C11H22N2O/c1-8-7-12-6-5-9(8)10(14)13-11(2,3)4/h8-9,12H,5-7H2,1-4H3,(H,13,14). The number of rotatable bonds is 1. The first-order chi connectivity index (χ1) is 6.40. The third-order valence-corrected chi connectivity index (χ3v) is 2.62. The monoisotopic (exact) mass is 198 g/mol. The summed E-state index contributed by atoms with van der Waals surface area (Å²) in [5.41, 5.74) is -0.109. The molecule has 0 spiro atoms. The van der Waals surface area contributed by atoms with Crippen LogP contribution in [0.15, 0.2) is 0 Å². The van der Waals surface area contributed by atoms with E-state index in [0.29, 0.717) is 5.92 Å². The lowest BCUT2D eigenvalue weighted by molar-refractivity contribution is -0.128. The average molecular weight is 198 g/mol. The van der Waals surface area contributed by atoms with E-state index in [2.05, 4.69) is 17.6 Å². The van der Waals surface area contributed by atoms with Crippen molar-refractivity contribution in [2.24, 2.45) is 11.8 Å². The van der Waals surface area contributed by atoms with Gasteiger partial charge in [-0.3, -0.25) is 4.79 Å². The van der Waals surface area contributed by atoms with Crippen LogP contribution in [0.2, 0.25) is 0 Å². The number of hydrogen-bond donors (Lipinski definition) is 2. The molecule has 3 heteroatoms. The van der Waals surface area contributed by atoms with Gasteiger partial charge < -0.3 is 10.6 Å². The first-order valence-corrected chi connectivity index (χ1v) is 5.43. The fourth-order valence-corrected chi connectivity index (χ4v) is 1.87. The molecule has 2 N–H and O–H groups in total. The van der Waals surface area contributed by atoms with Gasteiger partial charge in [0.25, 0.3) is 0 Å². The van der Waals surface area contributed by atoms with E-state index < -0.39 is 0 Å². The maximum absolute atomic E-state index is 11.9. The molecule has 1 fully saturated rings. The Hall–Kier alpha value is -0.570. The van der Waals surface area contributed by atoms with Crippen LogP contribution in [-0.2, 0) is 4.79 Å². The lowest BCUT2D eigenvalue weighted by atomic mass is 9.86. The van der Waals surface area contributed by atoms with Gasteiger partial charge in [0.15, 0.2) is 0 Å². The van der Waals surface area contributed by atoms with E-state index in [9.17, 15) is 4.79 Å². The SMILES string of the molecule is CC1CNCCC1C(=O)NC(C)(C)C. The second-order valence-electron chi connectivity index (χ2n) is 5.32. The average Bonchev–Trinajstić information content (AvgIpc) is 2.01. The summed E-state index contributed by atoms with van der Waals surface area (Å²) in [4.78, 5) is 11.9. The second kappa shape index (κ2) is 4.30. The zero-order chi connectivity index (χ0) is 10.8. The number of carbonyl (C=O) groups excluding carboxylic acids is 1. The third kappa shape index (κ3) is 3.29. The zero-order valence-corrected chi connectivity index (χ0v) is 9.68. The van der Waals surface area contributed by atoms with Gasteiger partial charge in [0.1, 0.15) is 0 Å². The number of piperidine rings is 1.